The molecule has 11 heteroatoms. The summed E-state index contributed by atoms with van der Waals surface area (Å²) in [6, 6.07) is 5.01. The minimum Gasteiger partial charge on any atom is -0.394 e. The number of benzene rings is 1. The Morgan fingerprint density at radius 3 is 2.42 bits per heavy atom. The maximum atomic E-state index is 13.5. The largest absolute Gasteiger partial charge is 0.394 e. The molecule has 0 bridgehead atoms. The van der Waals surface area contributed by atoms with Crippen molar-refractivity contribution in [1.82, 2.24) is 10.3 Å². The monoisotopic (exact) mass is 482 g/mol. The second-order valence-corrected chi connectivity index (χ2v) is 10.5. The molecule has 1 aromatic heterocycles. The molecule has 2 aromatic rings. The van der Waals surface area contributed by atoms with Gasteiger partial charge in [-0.3, -0.25) is 9.10 Å². The fourth-order valence-electron chi connectivity index (χ4n) is 3.43. The van der Waals surface area contributed by atoms with Crippen molar-refractivity contribution in [2.24, 2.45) is 11.8 Å². The van der Waals surface area contributed by atoms with E-state index in [0.29, 0.717) is 24.2 Å². The van der Waals surface area contributed by atoms with Gasteiger partial charge < -0.3 is 15.7 Å². The molecular formula is C22H28F2N4O4S. The van der Waals surface area contributed by atoms with Crippen LogP contribution in [-0.2, 0) is 16.4 Å². The Balaban J connectivity index is 1.81. The van der Waals surface area contributed by atoms with Gasteiger partial charge in [0.2, 0.25) is 10.0 Å². The molecule has 2 unspecified atom stereocenters. The van der Waals surface area contributed by atoms with Crippen LogP contribution in [0.25, 0.3) is 0 Å². The number of nitrogens with one attached hydrogen (secondary N) is 2. The van der Waals surface area contributed by atoms with Gasteiger partial charge in [0.05, 0.1) is 18.9 Å². The number of hydrogen-bond acceptors (Lipinski definition) is 6. The molecule has 1 heterocycles. The zero-order chi connectivity index (χ0) is 24.3. The number of aliphatic hydroxyl groups is 1. The van der Waals surface area contributed by atoms with Gasteiger partial charge in [0.1, 0.15) is 23.3 Å². The number of carbonyl (C=O) groups excluding carboxylic acids is 1. The summed E-state index contributed by atoms with van der Waals surface area (Å²) in [5.74, 6) is -0.595. The number of anilines is 2. The number of nitrogens with zero attached hydrogens (tertiary/aromatic N) is 2. The van der Waals surface area contributed by atoms with Gasteiger partial charge in [0, 0.05) is 25.2 Å². The predicted molar refractivity (Wildman–Crippen MR) is 122 cm³/mol. The number of carbonyl (C=O) groups is 1. The summed E-state index contributed by atoms with van der Waals surface area (Å²) >= 11 is 0. The third-order valence-corrected chi connectivity index (χ3v) is 6.86. The number of amides is 1. The van der Waals surface area contributed by atoms with Gasteiger partial charge in [0.25, 0.3) is 5.91 Å². The van der Waals surface area contributed by atoms with Crippen LogP contribution >= 0.6 is 0 Å². The summed E-state index contributed by atoms with van der Waals surface area (Å²) in [5.41, 5.74) is 0.408. The number of aromatic nitrogens is 1. The molecule has 0 aliphatic heterocycles. The Kier molecular flexibility index (Phi) is 7.53. The maximum absolute atomic E-state index is 13.5. The van der Waals surface area contributed by atoms with Gasteiger partial charge in [-0.05, 0) is 54.5 Å². The fraction of sp³-hybridized carbons (Fsp3) is 0.455. The third-order valence-electron chi connectivity index (χ3n) is 5.68. The van der Waals surface area contributed by atoms with E-state index in [-0.39, 0.29) is 23.4 Å². The average molecular weight is 483 g/mol. The van der Waals surface area contributed by atoms with Crippen molar-refractivity contribution in [2.75, 3.05) is 36.1 Å². The number of hydrogen-bond donors (Lipinski definition) is 3. The van der Waals surface area contributed by atoms with Crippen molar-refractivity contribution in [3.05, 3.63) is 53.1 Å². The number of rotatable bonds is 10. The van der Waals surface area contributed by atoms with Gasteiger partial charge in [0.15, 0.2) is 0 Å². The second kappa shape index (κ2) is 10.0. The molecule has 1 saturated carbocycles. The molecule has 33 heavy (non-hydrogen) atoms. The van der Waals surface area contributed by atoms with Gasteiger partial charge in [-0.25, -0.2) is 22.2 Å². The summed E-state index contributed by atoms with van der Waals surface area (Å²) in [5, 5.41) is 15.5. The van der Waals surface area contributed by atoms with Crippen LogP contribution in [0.2, 0.25) is 0 Å². The summed E-state index contributed by atoms with van der Waals surface area (Å²) in [6.45, 7) is 2.31. The van der Waals surface area contributed by atoms with Crippen LogP contribution in [0, 0.1) is 23.5 Å². The number of sulfonamides is 1. The van der Waals surface area contributed by atoms with Crippen molar-refractivity contribution >= 4 is 27.6 Å². The predicted octanol–water partition coefficient (Wildman–Crippen LogP) is 2.16. The maximum Gasteiger partial charge on any atom is 0.251 e. The molecule has 3 rings (SSSR count). The van der Waals surface area contributed by atoms with E-state index >= 15 is 0 Å². The first kappa shape index (κ1) is 24.8. The van der Waals surface area contributed by atoms with E-state index in [1.807, 2.05) is 0 Å². The van der Waals surface area contributed by atoms with Crippen LogP contribution < -0.4 is 14.9 Å². The Hall–Kier alpha value is -2.79. The second-order valence-electron chi connectivity index (χ2n) is 8.52. The van der Waals surface area contributed by atoms with E-state index < -0.39 is 40.2 Å². The molecule has 1 aliphatic carbocycles. The molecule has 0 saturated heterocycles. The zero-order valence-corrected chi connectivity index (χ0v) is 19.5. The van der Waals surface area contributed by atoms with E-state index in [1.54, 1.807) is 0 Å². The van der Waals surface area contributed by atoms with Gasteiger partial charge >= 0.3 is 0 Å². The van der Waals surface area contributed by atoms with Crippen molar-refractivity contribution in [1.29, 1.82) is 0 Å². The van der Waals surface area contributed by atoms with Crippen molar-refractivity contribution in [3.63, 3.8) is 0 Å². The van der Waals surface area contributed by atoms with E-state index in [0.717, 1.165) is 35.2 Å². The molecule has 180 valence electrons. The molecular weight excluding hydrogens is 454 g/mol. The van der Waals surface area contributed by atoms with Crippen LogP contribution in [0.5, 0.6) is 0 Å². The van der Waals surface area contributed by atoms with Crippen LogP contribution in [0.4, 0.5) is 20.4 Å². The summed E-state index contributed by atoms with van der Waals surface area (Å²) in [7, 11) is -2.28. The first-order chi connectivity index (χ1) is 15.5. The number of pyridine rings is 1. The molecule has 1 aliphatic rings. The van der Waals surface area contributed by atoms with E-state index in [1.165, 1.54) is 19.2 Å². The molecule has 3 N–H and O–H groups in total. The van der Waals surface area contributed by atoms with Crippen molar-refractivity contribution in [3.8, 4) is 0 Å². The summed E-state index contributed by atoms with van der Waals surface area (Å²) in [4.78, 5) is 17.2. The normalized spacial score (nSPS) is 18.5. The van der Waals surface area contributed by atoms with Crippen LogP contribution in [0.15, 0.2) is 30.3 Å². The van der Waals surface area contributed by atoms with Gasteiger partial charge in [-0.15, -0.1) is 0 Å². The molecule has 0 radical (unpaired) electrons. The minimum atomic E-state index is -3.62. The Bertz CT molecular complexity index is 1110. The molecule has 0 spiro atoms. The highest BCUT2D eigenvalue weighted by atomic mass is 32.2. The molecule has 1 aromatic carbocycles. The van der Waals surface area contributed by atoms with Gasteiger partial charge in [-0.2, -0.15) is 0 Å². The van der Waals surface area contributed by atoms with Gasteiger partial charge in [-0.1, -0.05) is 6.92 Å². The highest BCUT2D eigenvalue weighted by molar-refractivity contribution is 7.92. The zero-order valence-electron chi connectivity index (χ0n) is 18.7. The quantitative estimate of drug-likeness (QED) is 0.479. The van der Waals surface area contributed by atoms with Crippen LogP contribution in [0.1, 0.15) is 29.3 Å². The summed E-state index contributed by atoms with van der Waals surface area (Å²) in [6.07, 6.45) is 2.12. The lowest BCUT2D eigenvalue weighted by molar-refractivity contribution is 0.0916. The summed E-state index contributed by atoms with van der Waals surface area (Å²) < 4.78 is 51.9. The van der Waals surface area contributed by atoms with Crippen molar-refractivity contribution in [2.45, 2.75) is 25.8 Å². The molecule has 8 nitrogen and oxygen atoms in total. The smallest absolute Gasteiger partial charge is 0.251 e. The number of aliphatic hydroxyl groups excluding tert-OH is 1. The highest BCUT2D eigenvalue weighted by Gasteiger charge is 2.32. The minimum absolute atomic E-state index is 0.00276. The van der Waals surface area contributed by atoms with Crippen molar-refractivity contribution < 1.29 is 27.1 Å². The fourth-order valence-corrected chi connectivity index (χ4v) is 3.86. The van der Waals surface area contributed by atoms with E-state index in [9.17, 15) is 27.1 Å². The standard InChI is InChI=1S/C22H28F2N4O4S/c1-13-4-16(13)11-25-20-8-15(9-21(27-20)28(2)33(3,31)32)22(30)26-19(12-29)7-14-5-17(23)10-18(24)6-14/h5-6,8-10,13,16,19,29H,4,7,11-12H2,1-3H3,(H,25,27)(H,26,30)/t13?,16?,19-/m0/s1. The lowest BCUT2D eigenvalue weighted by Crippen LogP contribution is -2.39. The molecule has 3 atom stereocenters. The SMILES string of the molecule is CC1CC1CNc1cc(C(=O)N[C@H](CO)Cc2cc(F)cc(F)c2)cc(N(C)S(C)(=O)=O)n1. The number of halogens is 2. The lowest BCUT2D eigenvalue weighted by atomic mass is 10.1. The average Bonchev–Trinajstić information content (AvgIpc) is 3.44. The Morgan fingerprint density at radius 1 is 1.24 bits per heavy atom. The van der Waals surface area contributed by atoms with Crippen LogP contribution in [0.3, 0.4) is 0 Å². The van der Waals surface area contributed by atoms with E-state index in [4.69, 9.17) is 0 Å². The molecule has 1 amide bonds. The Labute approximate surface area is 192 Å². The Morgan fingerprint density at radius 2 is 1.88 bits per heavy atom. The van der Waals surface area contributed by atoms with Crippen LogP contribution in [-0.4, -0.2) is 56.9 Å². The molecule has 1 fully saturated rings. The van der Waals surface area contributed by atoms with E-state index in [2.05, 4.69) is 22.5 Å². The first-order valence-electron chi connectivity index (χ1n) is 10.5. The third kappa shape index (κ3) is 6.84. The topological polar surface area (TPSA) is 112 Å². The first-order valence-corrected chi connectivity index (χ1v) is 12.4. The highest BCUT2D eigenvalue weighted by Crippen LogP contribution is 2.37. The lowest BCUT2D eigenvalue weighted by Gasteiger charge is -2.20.